The molecule has 0 fully saturated rings. The van der Waals surface area contributed by atoms with E-state index in [2.05, 4.69) is 60.0 Å². The van der Waals surface area contributed by atoms with Crippen LogP contribution in [0.25, 0.3) is 0 Å². The molecule has 5 rings (SSSR count). The number of Topliss-reactive ketones (excluding diaryl/α,β-unsaturated/α-hetero) is 1. The van der Waals surface area contributed by atoms with Gasteiger partial charge < -0.3 is 15.4 Å². The highest BCUT2D eigenvalue weighted by atomic mass is 16.5. The van der Waals surface area contributed by atoms with Gasteiger partial charge in [0.05, 0.1) is 24.0 Å². The quantitative estimate of drug-likeness (QED) is 0.470. The van der Waals surface area contributed by atoms with Gasteiger partial charge in [0.15, 0.2) is 5.78 Å². The minimum Gasteiger partial charge on any atom is -0.494 e. The third-order valence-corrected chi connectivity index (χ3v) is 6.70. The standard InChI is InChI=1S/C29H30N2O2/c1-3-19-13-15-20(16-14-19)21-17-25-28(26(32)18-21)29(22-9-5-8-12-27(22)33-4-2)31-24-11-7-6-10-23(24)30-25/h5-16,21,29-31H,3-4,17-18H2,1-2H3. The van der Waals surface area contributed by atoms with Gasteiger partial charge in [0.2, 0.25) is 0 Å². The number of hydrogen-bond acceptors (Lipinski definition) is 4. The molecule has 0 spiro atoms. The number of benzene rings is 3. The van der Waals surface area contributed by atoms with Crippen molar-refractivity contribution in [3.8, 4) is 5.75 Å². The molecule has 2 aliphatic rings. The Morgan fingerprint density at radius 1 is 0.879 bits per heavy atom. The normalized spacial score (nSPS) is 19.6. The molecular formula is C29H30N2O2. The molecule has 2 N–H and O–H groups in total. The number of ketones is 1. The van der Waals surface area contributed by atoms with E-state index in [9.17, 15) is 4.79 Å². The number of para-hydroxylation sites is 3. The molecule has 0 amide bonds. The SMILES string of the molecule is CCOc1ccccc1C1Nc2ccccc2NC2=C1C(=O)CC(c1ccc(CC)cc1)C2. The van der Waals surface area contributed by atoms with Gasteiger partial charge in [0.1, 0.15) is 5.75 Å². The van der Waals surface area contributed by atoms with Gasteiger partial charge in [-0.15, -0.1) is 0 Å². The van der Waals surface area contributed by atoms with Gasteiger partial charge in [0, 0.05) is 23.3 Å². The van der Waals surface area contributed by atoms with Crippen LogP contribution in [0.2, 0.25) is 0 Å². The first-order valence-corrected chi connectivity index (χ1v) is 11.9. The fourth-order valence-electron chi connectivity index (χ4n) is 4.99. The van der Waals surface area contributed by atoms with Crippen molar-refractivity contribution in [2.45, 2.75) is 45.1 Å². The molecular weight excluding hydrogens is 408 g/mol. The Balaban J connectivity index is 1.59. The lowest BCUT2D eigenvalue weighted by molar-refractivity contribution is -0.116. The Kier molecular flexibility index (Phi) is 5.91. The molecule has 168 valence electrons. The van der Waals surface area contributed by atoms with Crippen molar-refractivity contribution in [3.05, 3.63) is 101 Å². The minimum absolute atomic E-state index is 0.169. The molecule has 0 radical (unpaired) electrons. The molecule has 1 aliphatic carbocycles. The zero-order chi connectivity index (χ0) is 22.8. The number of fused-ring (bicyclic) bond motifs is 1. The van der Waals surface area contributed by atoms with Crippen LogP contribution >= 0.6 is 0 Å². The van der Waals surface area contributed by atoms with Crippen LogP contribution in [0.4, 0.5) is 11.4 Å². The molecule has 33 heavy (non-hydrogen) atoms. The average molecular weight is 439 g/mol. The van der Waals surface area contributed by atoms with Crippen LogP contribution in [0.1, 0.15) is 55.3 Å². The fourth-order valence-corrected chi connectivity index (χ4v) is 4.99. The molecule has 1 aliphatic heterocycles. The van der Waals surface area contributed by atoms with Gasteiger partial charge in [-0.3, -0.25) is 4.79 Å². The number of ether oxygens (including phenoxy) is 1. The summed E-state index contributed by atoms with van der Waals surface area (Å²) in [5.74, 6) is 1.17. The predicted octanol–water partition coefficient (Wildman–Crippen LogP) is 6.63. The second-order valence-corrected chi connectivity index (χ2v) is 8.73. The summed E-state index contributed by atoms with van der Waals surface area (Å²) in [6.07, 6.45) is 2.33. The predicted molar refractivity (Wildman–Crippen MR) is 134 cm³/mol. The summed E-state index contributed by atoms with van der Waals surface area (Å²) in [6, 6.07) is 24.7. The Labute approximate surface area is 195 Å². The van der Waals surface area contributed by atoms with Gasteiger partial charge in [-0.2, -0.15) is 0 Å². The van der Waals surface area contributed by atoms with E-state index < -0.39 is 0 Å². The van der Waals surface area contributed by atoms with Gasteiger partial charge in [-0.05, 0) is 55.0 Å². The maximum atomic E-state index is 13.7. The highest BCUT2D eigenvalue weighted by molar-refractivity contribution is 6.01. The van der Waals surface area contributed by atoms with Gasteiger partial charge in [0.25, 0.3) is 0 Å². The second kappa shape index (κ2) is 9.14. The van der Waals surface area contributed by atoms with E-state index in [4.69, 9.17) is 4.74 Å². The topological polar surface area (TPSA) is 50.4 Å². The lowest BCUT2D eigenvalue weighted by atomic mass is 9.78. The highest BCUT2D eigenvalue weighted by Crippen LogP contribution is 2.45. The molecule has 0 saturated heterocycles. The fraction of sp³-hybridized carbons (Fsp3) is 0.276. The van der Waals surface area contributed by atoms with E-state index in [0.29, 0.717) is 13.0 Å². The zero-order valence-electron chi connectivity index (χ0n) is 19.2. The van der Waals surface area contributed by atoms with E-state index >= 15 is 0 Å². The van der Waals surface area contributed by atoms with Crippen LogP contribution in [-0.4, -0.2) is 12.4 Å². The summed E-state index contributed by atoms with van der Waals surface area (Å²) in [5, 5.41) is 7.27. The number of nitrogens with one attached hydrogen (secondary N) is 2. The van der Waals surface area contributed by atoms with E-state index in [1.54, 1.807) is 0 Å². The van der Waals surface area contributed by atoms with Crippen molar-refractivity contribution in [3.63, 3.8) is 0 Å². The van der Waals surface area contributed by atoms with E-state index in [1.165, 1.54) is 11.1 Å². The van der Waals surface area contributed by atoms with Gasteiger partial charge >= 0.3 is 0 Å². The summed E-state index contributed by atoms with van der Waals surface area (Å²) in [6.45, 7) is 4.73. The molecule has 2 unspecified atom stereocenters. The highest BCUT2D eigenvalue weighted by Gasteiger charge is 2.37. The maximum Gasteiger partial charge on any atom is 0.163 e. The van der Waals surface area contributed by atoms with E-state index in [1.807, 2.05) is 37.3 Å². The third-order valence-electron chi connectivity index (χ3n) is 6.70. The van der Waals surface area contributed by atoms with Crippen molar-refractivity contribution >= 4 is 17.2 Å². The minimum atomic E-state index is -0.269. The number of hydrogen-bond donors (Lipinski definition) is 2. The average Bonchev–Trinajstić information content (AvgIpc) is 3.01. The molecule has 3 aromatic carbocycles. The van der Waals surface area contributed by atoms with Crippen LogP contribution in [0.15, 0.2) is 84.1 Å². The number of rotatable bonds is 5. The van der Waals surface area contributed by atoms with Crippen molar-refractivity contribution in [1.82, 2.24) is 0 Å². The number of allylic oxidation sites excluding steroid dienone is 1. The monoisotopic (exact) mass is 438 g/mol. The smallest absolute Gasteiger partial charge is 0.163 e. The Hall–Kier alpha value is -3.53. The molecule has 2 atom stereocenters. The van der Waals surface area contributed by atoms with Crippen LogP contribution in [0, 0.1) is 0 Å². The molecule has 0 aromatic heterocycles. The van der Waals surface area contributed by atoms with Gasteiger partial charge in [-0.1, -0.05) is 61.5 Å². The largest absolute Gasteiger partial charge is 0.494 e. The van der Waals surface area contributed by atoms with Crippen LogP contribution in [-0.2, 0) is 11.2 Å². The molecule has 3 aromatic rings. The summed E-state index contributed by atoms with van der Waals surface area (Å²) in [7, 11) is 0. The summed E-state index contributed by atoms with van der Waals surface area (Å²) in [5.41, 5.74) is 7.34. The van der Waals surface area contributed by atoms with Crippen molar-refractivity contribution < 1.29 is 9.53 Å². The molecule has 0 bridgehead atoms. The Morgan fingerprint density at radius 3 is 2.36 bits per heavy atom. The van der Waals surface area contributed by atoms with Crippen LogP contribution in [0.5, 0.6) is 5.75 Å². The Bertz CT molecular complexity index is 1200. The second-order valence-electron chi connectivity index (χ2n) is 8.73. The first-order chi connectivity index (χ1) is 16.2. The van der Waals surface area contributed by atoms with Crippen molar-refractivity contribution in [2.24, 2.45) is 0 Å². The lowest BCUT2D eigenvalue weighted by Gasteiger charge is -2.30. The first kappa shape index (κ1) is 21.3. The van der Waals surface area contributed by atoms with Crippen LogP contribution < -0.4 is 15.4 Å². The summed E-state index contributed by atoms with van der Waals surface area (Å²) >= 11 is 0. The molecule has 0 saturated carbocycles. The molecule has 1 heterocycles. The summed E-state index contributed by atoms with van der Waals surface area (Å²) < 4.78 is 5.95. The van der Waals surface area contributed by atoms with Crippen LogP contribution in [0.3, 0.4) is 0 Å². The van der Waals surface area contributed by atoms with Crippen molar-refractivity contribution in [2.75, 3.05) is 17.2 Å². The van der Waals surface area contributed by atoms with E-state index in [0.717, 1.165) is 46.8 Å². The Morgan fingerprint density at radius 2 is 1.61 bits per heavy atom. The lowest BCUT2D eigenvalue weighted by Crippen LogP contribution is -2.27. The first-order valence-electron chi connectivity index (χ1n) is 11.9. The van der Waals surface area contributed by atoms with Crippen molar-refractivity contribution in [1.29, 1.82) is 0 Å². The van der Waals surface area contributed by atoms with E-state index in [-0.39, 0.29) is 17.7 Å². The summed E-state index contributed by atoms with van der Waals surface area (Å²) in [4.78, 5) is 13.7. The number of anilines is 2. The number of carbonyl (C=O) groups is 1. The third kappa shape index (κ3) is 4.13. The number of aryl methyl sites for hydroxylation is 1. The molecule has 4 heteroatoms. The maximum absolute atomic E-state index is 13.7. The zero-order valence-corrected chi connectivity index (χ0v) is 19.2. The van der Waals surface area contributed by atoms with Gasteiger partial charge in [-0.25, -0.2) is 0 Å². The molecule has 4 nitrogen and oxygen atoms in total. The number of carbonyl (C=O) groups excluding carboxylic acids is 1.